The fourth-order valence-electron chi connectivity index (χ4n) is 1.71. The lowest BCUT2D eigenvalue weighted by Gasteiger charge is -2.22. The molecule has 0 radical (unpaired) electrons. The van der Waals surface area contributed by atoms with Crippen LogP contribution in [-0.4, -0.2) is 27.5 Å². The second-order valence-corrected chi connectivity index (χ2v) is 4.90. The predicted octanol–water partition coefficient (Wildman–Crippen LogP) is 2.14. The molecular formula is C11H13F3N4S. The average Bonchev–Trinajstić information content (AvgIpc) is 3.13. The quantitative estimate of drug-likeness (QED) is 0.842. The Bertz CT molecular complexity index is 473. The molecule has 4 nitrogen and oxygen atoms in total. The molecule has 2 N–H and O–H groups in total. The zero-order chi connectivity index (χ0) is 14.0. The first-order chi connectivity index (χ1) is 8.88. The highest BCUT2D eigenvalue weighted by Crippen LogP contribution is 2.32. The van der Waals surface area contributed by atoms with E-state index in [1.165, 1.54) is 0 Å². The third kappa shape index (κ3) is 3.76. The maximum absolute atomic E-state index is 12.6. The maximum Gasteiger partial charge on any atom is 0.433 e. The first-order valence-electron chi connectivity index (χ1n) is 5.83. The highest BCUT2D eigenvalue weighted by atomic mass is 32.1. The fraction of sp³-hybridized carbons (Fsp3) is 0.545. The van der Waals surface area contributed by atoms with Crippen LogP contribution < -0.4 is 10.6 Å². The number of thiocarbonyl (C=S) groups is 1. The minimum absolute atomic E-state index is 0.0913. The van der Waals surface area contributed by atoms with Crippen LogP contribution in [0.2, 0.25) is 0 Å². The molecule has 0 spiro atoms. The van der Waals surface area contributed by atoms with Crippen LogP contribution in [0, 0.1) is 0 Å². The summed E-state index contributed by atoms with van der Waals surface area (Å²) in [4.78, 5) is 9.59. The Labute approximate surface area is 113 Å². The third-order valence-corrected chi connectivity index (χ3v) is 2.98. The van der Waals surface area contributed by atoms with E-state index in [9.17, 15) is 13.2 Å². The standard InChI is InChI=1S/C11H13F3N4S/c12-11(13,14)8-3-5-16-10(17-8)18(7-1-2-7)6-4-9(15)19/h3,5,7H,1-2,4,6H2,(H2,15,19). The molecule has 1 aromatic rings. The van der Waals surface area contributed by atoms with Gasteiger partial charge in [-0.05, 0) is 18.9 Å². The highest BCUT2D eigenvalue weighted by Gasteiger charge is 2.35. The zero-order valence-electron chi connectivity index (χ0n) is 10.0. The van der Waals surface area contributed by atoms with Crippen LogP contribution in [0.1, 0.15) is 25.0 Å². The van der Waals surface area contributed by atoms with Crippen molar-refractivity contribution in [1.29, 1.82) is 0 Å². The number of nitrogens with two attached hydrogens (primary N) is 1. The number of hydrogen-bond acceptors (Lipinski definition) is 4. The Morgan fingerprint density at radius 1 is 1.47 bits per heavy atom. The van der Waals surface area contributed by atoms with Gasteiger partial charge in [0.1, 0.15) is 5.69 Å². The molecule has 19 heavy (non-hydrogen) atoms. The molecule has 2 rings (SSSR count). The first kappa shape index (κ1) is 14.0. The van der Waals surface area contributed by atoms with E-state index in [4.69, 9.17) is 18.0 Å². The van der Waals surface area contributed by atoms with Crippen LogP contribution in [0.3, 0.4) is 0 Å². The molecule has 1 aliphatic carbocycles. The van der Waals surface area contributed by atoms with E-state index >= 15 is 0 Å². The molecule has 1 aliphatic rings. The lowest BCUT2D eigenvalue weighted by Crippen LogP contribution is -2.31. The summed E-state index contributed by atoms with van der Waals surface area (Å²) < 4.78 is 37.8. The van der Waals surface area contributed by atoms with Crippen LogP contribution in [0.4, 0.5) is 19.1 Å². The van der Waals surface area contributed by atoms with Crippen LogP contribution in [0.5, 0.6) is 0 Å². The van der Waals surface area contributed by atoms with E-state index in [-0.39, 0.29) is 12.0 Å². The van der Waals surface area contributed by atoms with Crippen molar-refractivity contribution in [2.45, 2.75) is 31.5 Å². The molecule has 1 saturated carbocycles. The largest absolute Gasteiger partial charge is 0.433 e. The minimum atomic E-state index is -4.46. The Kier molecular flexibility index (Phi) is 3.88. The van der Waals surface area contributed by atoms with Gasteiger partial charge in [-0.1, -0.05) is 12.2 Å². The Morgan fingerprint density at radius 3 is 2.68 bits per heavy atom. The molecule has 0 aromatic carbocycles. The molecule has 0 saturated heterocycles. The number of alkyl halides is 3. The monoisotopic (exact) mass is 290 g/mol. The van der Waals surface area contributed by atoms with Gasteiger partial charge < -0.3 is 10.6 Å². The summed E-state index contributed by atoms with van der Waals surface area (Å²) in [6.45, 7) is 0.446. The van der Waals surface area contributed by atoms with Gasteiger partial charge in [0.2, 0.25) is 5.95 Å². The molecule has 0 aliphatic heterocycles. The van der Waals surface area contributed by atoms with E-state index in [2.05, 4.69) is 9.97 Å². The van der Waals surface area contributed by atoms with Gasteiger partial charge in [-0.15, -0.1) is 0 Å². The summed E-state index contributed by atoms with van der Waals surface area (Å²) in [5, 5.41) is 0. The summed E-state index contributed by atoms with van der Waals surface area (Å²) in [5.41, 5.74) is 4.49. The lowest BCUT2D eigenvalue weighted by atomic mass is 10.3. The molecule has 104 valence electrons. The Morgan fingerprint density at radius 2 is 2.16 bits per heavy atom. The molecule has 1 aromatic heterocycles. The summed E-state index contributed by atoms with van der Waals surface area (Å²) in [6.07, 6.45) is -1.04. The number of halogens is 3. The van der Waals surface area contributed by atoms with Crippen LogP contribution >= 0.6 is 12.2 Å². The van der Waals surface area contributed by atoms with Crippen molar-refractivity contribution >= 4 is 23.2 Å². The molecule has 8 heteroatoms. The number of nitrogens with zero attached hydrogens (tertiary/aromatic N) is 3. The van der Waals surface area contributed by atoms with E-state index < -0.39 is 11.9 Å². The molecule has 1 fully saturated rings. The third-order valence-electron chi connectivity index (χ3n) is 2.78. The van der Waals surface area contributed by atoms with Crippen LogP contribution in [0.25, 0.3) is 0 Å². The fourth-order valence-corrected chi connectivity index (χ4v) is 1.80. The number of anilines is 1. The van der Waals surface area contributed by atoms with Gasteiger partial charge >= 0.3 is 6.18 Å². The summed E-state index contributed by atoms with van der Waals surface area (Å²) in [7, 11) is 0. The normalized spacial score (nSPS) is 15.3. The van der Waals surface area contributed by atoms with E-state index in [0.717, 1.165) is 25.1 Å². The number of aromatic nitrogens is 2. The summed E-state index contributed by atoms with van der Waals surface area (Å²) in [6, 6.07) is 1.06. The van der Waals surface area contributed by atoms with Crippen LogP contribution in [-0.2, 0) is 6.18 Å². The molecular weight excluding hydrogens is 277 g/mol. The number of hydrogen-bond donors (Lipinski definition) is 1. The molecule has 0 amide bonds. The topological polar surface area (TPSA) is 55.0 Å². The van der Waals surface area contributed by atoms with E-state index in [1.807, 2.05) is 0 Å². The van der Waals surface area contributed by atoms with Gasteiger partial charge in [0.25, 0.3) is 0 Å². The molecule has 0 bridgehead atoms. The van der Waals surface area contributed by atoms with Gasteiger partial charge in [0.05, 0.1) is 4.99 Å². The average molecular weight is 290 g/mol. The van der Waals surface area contributed by atoms with Gasteiger partial charge in [-0.2, -0.15) is 13.2 Å². The van der Waals surface area contributed by atoms with Crippen molar-refractivity contribution in [3.05, 3.63) is 18.0 Å². The van der Waals surface area contributed by atoms with Gasteiger partial charge in [-0.3, -0.25) is 0 Å². The maximum atomic E-state index is 12.6. The van der Waals surface area contributed by atoms with E-state index in [0.29, 0.717) is 18.0 Å². The van der Waals surface area contributed by atoms with Gasteiger partial charge in [0, 0.05) is 25.2 Å². The van der Waals surface area contributed by atoms with Crippen molar-refractivity contribution in [3.63, 3.8) is 0 Å². The first-order valence-corrected chi connectivity index (χ1v) is 6.24. The van der Waals surface area contributed by atoms with Crippen LogP contribution in [0.15, 0.2) is 12.3 Å². The smallest absolute Gasteiger partial charge is 0.393 e. The van der Waals surface area contributed by atoms with Crippen molar-refractivity contribution in [1.82, 2.24) is 9.97 Å². The second kappa shape index (κ2) is 5.28. The summed E-state index contributed by atoms with van der Waals surface area (Å²) >= 11 is 4.79. The van der Waals surface area contributed by atoms with Gasteiger partial charge in [-0.25, -0.2) is 9.97 Å². The van der Waals surface area contributed by atoms with Crippen molar-refractivity contribution in [3.8, 4) is 0 Å². The lowest BCUT2D eigenvalue weighted by molar-refractivity contribution is -0.141. The predicted molar refractivity (Wildman–Crippen MR) is 68.8 cm³/mol. The highest BCUT2D eigenvalue weighted by molar-refractivity contribution is 7.80. The molecule has 0 unspecified atom stereocenters. The van der Waals surface area contributed by atoms with Crippen molar-refractivity contribution < 1.29 is 13.2 Å². The Hall–Kier alpha value is -1.44. The molecule has 0 atom stereocenters. The minimum Gasteiger partial charge on any atom is -0.393 e. The second-order valence-electron chi connectivity index (χ2n) is 4.38. The number of rotatable bonds is 5. The zero-order valence-corrected chi connectivity index (χ0v) is 10.8. The molecule has 1 heterocycles. The summed E-state index contributed by atoms with van der Waals surface area (Å²) in [5.74, 6) is 0.0913. The van der Waals surface area contributed by atoms with Crippen molar-refractivity contribution in [2.24, 2.45) is 5.73 Å². The van der Waals surface area contributed by atoms with E-state index in [1.54, 1.807) is 4.90 Å². The van der Waals surface area contributed by atoms with Gasteiger partial charge in [0.15, 0.2) is 0 Å². The Balaban J connectivity index is 2.19. The van der Waals surface area contributed by atoms with Crippen molar-refractivity contribution in [2.75, 3.05) is 11.4 Å². The SMILES string of the molecule is NC(=S)CCN(c1nccc(C(F)(F)F)n1)C1CC1.